The molecule has 0 aliphatic carbocycles. The molecule has 1 aliphatic heterocycles. The SMILES string of the molecule is CC(C)c1ccc(NC(=O)[C@H]2CCCN(Cc3nc4ccccc4n3-c3ccc(Br)cc3)C2)cc1. The fraction of sp³-hybridized carbons (Fsp3) is 0.310. The fourth-order valence-corrected chi connectivity index (χ4v) is 5.13. The van der Waals surface area contributed by atoms with E-state index < -0.39 is 0 Å². The molecular formula is C29H31BrN4O. The molecule has 3 aromatic carbocycles. The van der Waals surface area contributed by atoms with Crippen LogP contribution in [0.25, 0.3) is 16.7 Å². The highest BCUT2D eigenvalue weighted by Gasteiger charge is 2.27. The zero-order chi connectivity index (χ0) is 24.4. The van der Waals surface area contributed by atoms with Crippen LogP contribution in [0, 0.1) is 5.92 Å². The number of likely N-dealkylation sites (tertiary alicyclic amines) is 1. The number of rotatable bonds is 6. The number of anilines is 1. The number of hydrogen-bond acceptors (Lipinski definition) is 3. The number of nitrogens with zero attached hydrogens (tertiary/aromatic N) is 3. The van der Waals surface area contributed by atoms with Gasteiger partial charge in [0.2, 0.25) is 5.91 Å². The lowest BCUT2D eigenvalue weighted by molar-refractivity contribution is -0.121. The van der Waals surface area contributed by atoms with Crippen molar-refractivity contribution in [2.75, 3.05) is 18.4 Å². The van der Waals surface area contributed by atoms with E-state index in [-0.39, 0.29) is 11.8 Å². The number of benzene rings is 3. The van der Waals surface area contributed by atoms with Crippen LogP contribution >= 0.6 is 15.9 Å². The molecule has 0 unspecified atom stereocenters. The van der Waals surface area contributed by atoms with Crippen LogP contribution in [-0.2, 0) is 11.3 Å². The second kappa shape index (κ2) is 10.3. The van der Waals surface area contributed by atoms with Crippen LogP contribution in [0.3, 0.4) is 0 Å². The Hall–Kier alpha value is -2.96. The predicted octanol–water partition coefficient (Wildman–Crippen LogP) is 6.76. The molecule has 1 saturated heterocycles. The van der Waals surface area contributed by atoms with E-state index >= 15 is 0 Å². The first-order valence-electron chi connectivity index (χ1n) is 12.3. The Labute approximate surface area is 215 Å². The third-order valence-corrected chi connectivity index (χ3v) is 7.33. The molecule has 1 aromatic heterocycles. The molecule has 1 fully saturated rings. The summed E-state index contributed by atoms with van der Waals surface area (Å²) in [7, 11) is 0. The number of halogens is 1. The zero-order valence-electron chi connectivity index (χ0n) is 20.2. The van der Waals surface area contributed by atoms with E-state index in [1.54, 1.807) is 0 Å². The van der Waals surface area contributed by atoms with Gasteiger partial charge >= 0.3 is 0 Å². The first-order valence-corrected chi connectivity index (χ1v) is 13.1. The second-order valence-electron chi connectivity index (χ2n) is 9.67. The number of piperidine rings is 1. The van der Waals surface area contributed by atoms with Crippen LogP contribution in [0.5, 0.6) is 0 Å². The van der Waals surface area contributed by atoms with Gasteiger partial charge in [-0.1, -0.05) is 54.0 Å². The molecule has 1 N–H and O–H groups in total. The van der Waals surface area contributed by atoms with Gasteiger partial charge in [0.05, 0.1) is 23.5 Å². The summed E-state index contributed by atoms with van der Waals surface area (Å²) in [5.74, 6) is 1.56. The molecule has 1 aliphatic rings. The van der Waals surface area contributed by atoms with Crippen LogP contribution in [0.15, 0.2) is 77.3 Å². The lowest BCUT2D eigenvalue weighted by atomic mass is 9.97. The van der Waals surface area contributed by atoms with Gasteiger partial charge in [-0.25, -0.2) is 4.98 Å². The van der Waals surface area contributed by atoms with Gasteiger partial charge in [0.15, 0.2) is 0 Å². The van der Waals surface area contributed by atoms with E-state index in [0.717, 1.165) is 58.6 Å². The first-order chi connectivity index (χ1) is 17.0. The minimum absolute atomic E-state index is 0.0287. The van der Waals surface area contributed by atoms with Crippen molar-refractivity contribution in [2.45, 2.75) is 39.2 Å². The van der Waals surface area contributed by atoms with Crippen molar-refractivity contribution >= 4 is 38.6 Å². The number of para-hydroxylation sites is 2. The average Bonchev–Trinajstić information content (AvgIpc) is 3.23. The number of carbonyl (C=O) groups excluding carboxylic acids is 1. The van der Waals surface area contributed by atoms with Gasteiger partial charge < -0.3 is 5.32 Å². The van der Waals surface area contributed by atoms with Gasteiger partial charge in [0.25, 0.3) is 0 Å². The van der Waals surface area contributed by atoms with E-state index in [1.165, 1.54) is 5.56 Å². The molecule has 0 bridgehead atoms. The summed E-state index contributed by atoms with van der Waals surface area (Å²) in [6.45, 7) is 6.76. The minimum Gasteiger partial charge on any atom is -0.326 e. The summed E-state index contributed by atoms with van der Waals surface area (Å²) in [6, 6.07) is 24.8. The Morgan fingerprint density at radius 2 is 1.80 bits per heavy atom. The highest BCUT2D eigenvalue weighted by molar-refractivity contribution is 9.10. The van der Waals surface area contributed by atoms with Crippen LogP contribution in [0.2, 0.25) is 0 Å². The first kappa shape index (κ1) is 23.8. The molecule has 4 aromatic rings. The van der Waals surface area contributed by atoms with Crippen molar-refractivity contribution in [2.24, 2.45) is 5.92 Å². The van der Waals surface area contributed by atoms with Gasteiger partial charge in [-0.05, 0) is 79.4 Å². The van der Waals surface area contributed by atoms with Gasteiger partial charge in [0.1, 0.15) is 5.82 Å². The lowest BCUT2D eigenvalue weighted by Gasteiger charge is -2.31. The Balaban J connectivity index is 1.32. The van der Waals surface area contributed by atoms with E-state index in [1.807, 2.05) is 18.2 Å². The molecule has 0 saturated carbocycles. The van der Waals surface area contributed by atoms with Crippen molar-refractivity contribution in [1.29, 1.82) is 0 Å². The normalized spacial score (nSPS) is 16.6. The van der Waals surface area contributed by atoms with Crippen LogP contribution in [0.1, 0.15) is 44.0 Å². The van der Waals surface area contributed by atoms with Gasteiger partial charge in [0, 0.05) is 22.4 Å². The largest absolute Gasteiger partial charge is 0.326 e. The number of imidazole rings is 1. The number of hydrogen-bond donors (Lipinski definition) is 1. The fourth-order valence-electron chi connectivity index (χ4n) is 4.87. The molecule has 1 amide bonds. The quantitative estimate of drug-likeness (QED) is 0.299. The molecule has 35 heavy (non-hydrogen) atoms. The Kier molecular flexibility index (Phi) is 7.02. The number of carbonyl (C=O) groups is 1. The van der Waals surface area contributed by atoms with Crippen LogP contribution in [0.4, 0.5) is 5.69 Å². The van der Waals surface area contributed by atoms with Gasteiger partial charge in [-0.15, -0.1) is 0 Å². The van der Waals surface area contributed by atoms with E-state index in [0.29, 0.717) is 12.5 Å². The Bertz CT molecular complexity index is 1310. The molecule has 180 valence electrons. The van der Waals surface area contributed by atoms with Crippen molar-refractivity contribution < 1.29 is 4.79 Å². The number of amides is 1. The second-order valence-corrected chi connectivity index (χ2v) is 10.6. The Morgan fingerprint density at radius 1 is 1.06 bits per heavy atom. The maximum Gasteiger partial charge on any atom is 0.228 e. The topological polar surface area (TPSA) is 50.2 Å². The molecular weight excluding hydrogens is 500 g/mol. The summed E-state index contributed by atoms with van der Waals surface area (Å²) in [5, 5.41) is 3.14. The standard InChI is InChI=1S/C29H31BrN4O/c1-20(2)21-9-13-24(14-10-21)31-29(35)22-6-5-17-33(18-22)19-28-32-26-7-3-4-8-27(26)34(28)25-15-11-23(30)12-16-25/h3-4,7-16,20,22H,5-6,17-19H2,1-2H3,(H,31,35)/t22-/m0/s1. The summed E-state index contributed by atoms with van der Waals surface area (Å²) in [5.41, 5.74) is 5.32. The zero-order valence-corrected chi connectivity index (χ0v) is 21.8. The van der Waals surface area contributed by atoms with E-state index in [9.17, 15) is 4.79 Å². The average molecular weight is 531 g/mol. The summed E-state index contributed by atoms with van der Waals surface area (Å²) >= 11 is 3.54. The Morgan fingerprint density at radius 3 is 2.54 bits per heavy atom. The molecule has 0 radical (unpaired) electrons. The number of aromatic nitrogens is 2. The van der Waals surface area contributed by atoms with E-state index in [4.69, 9.17) is 4.98 Å². The van der Waals surface area contributed by atoms with Gasteiger partial charge in [-0.3, -0.25) is 14.3 Å². The summed E-state index contributed by atoms with van der Waals surface area (Å²) in [4.78, 5) is 20.4. The van der Waals surface area contributed by atoms with Gasteiger partial charge in [-0.2, -0.15) is 0 Å². The summed E-state index contributed by atoms with van der Waals surface area (Å²) in [6.07, 6.45) is 1.92. The van der Waals surface area contributed by atoms with Crippen molar-refractivity contribution in [1.82, 2.24) is 14.5 Å². The monoisotopic (exact) mass is 530 g/mol. The van der Waals surface area contributed by atoms with Crippen LogP contribution < -0.4 is 5.32 Å². The van der Waals surface area contributed by atoms with Crippen LogP contribution in [-0.4, -0.2) is 33.4 Å². The predicted molar refractivity (Wildman–Crippen MR) is 146 cm³/mol. The van der Waals surface area contributed by atoms with Crippen molar-refractivity contribution in [3.8, 4) is 5.69 Å². The smallest absolute Gasteiger partial charge is 0.228 e. The maximum absolute atomic E-state index is 13.1. The highest BCUT2D eigenvalue weighted by atomic mass is 79.9. The third-order valence-electron chi connectivity index (χ3n) is 6.80. The minimum atomic E-state index is -0.0287. The molecule has 6 heteroatoms. The molecule has 0 spiro atoms. The third kappa shape index (κ3) is 5.34. The molecule has 5 rings (SSSR count). The maximum atomic E-state index is 13.1. The molecule has 5 nitrogen and oxygen atoms in total. The van der Waals surface area contributed by atoms with Crippen molar-refractivity contribution in [3.05, 3.63) is 88.7 Å². The molecule has 1 atom stereocenters. The number of fused-ring (bicyclic) bond motifs is 1. The number of nitrogens with one attached hydrogen (secondary N) is 1. The summed E-state index contributed by atoms with van der Waals surface area (Å²) < 4.78 is 3.29. The molecule has 2 heterocycles. The lowest BCUT2D eigenvalue weighted by Crippen LogP contribution is -2.40. The van der Waals surface area contributed by atoms with Crippen molar-refractivity contribution in [3.63, 3.8) is 0 Å². The highest BCUT2D eigenvalue weighted by Crippen LogP contribution is 2.26. The van der Waals surface area contributed by atoms with E-state index in [2.05, 4.69) is 99.2 Å².